The molecule has 0 aliphatic rings. The molecule has 5 nitrogen and oxygen atoms in total. The summed E-state index contributed by atoms with van der Waals surface area (Å²) in [6.07, 6.45) is 0. The number of imidazole rings is 1. The normalized spacial score (nSPS) is 10.7. The van der Waals surface area contributed by atoms with Crippen molar-refractivity contribution in [1.29, 1.82) is 0 Å². The number of benzene rings is 1. The van der Waals surface area contributed by atoms with Crippen molar-refractivity contribution in [3.05, 3.63) is 29.3 Å². The van der Waals surface area contributed by atoms with Crippen molar-refractivity contribution < 1.29 is 14.6 Å². The lowest BCUT2D eigenvalue weighted by Gasteiger charge is -2.07. The number of allylic oxidation sites excluding steroid dienone is 1. The van der Waals surface area contributed by atoms with Crippen molar-refractivity contribution >= 4 is 44.7 Å². The third kappa shape index (κ3) is 3.34. The molecule has 0 aliphatic heterocycles. The minimum atomic E-state index is -0.871. The van der Waals surface area contributed by atoms with Crippen LogP contribution in [0.15, 0.2) is 34.4 Å². The predicted octanol–water partition coefficient (Wildman–Crippen LogP) is 3.13. The Kier molecular flexibility index (Phi) is 4.72. The first-order chi connectivity index (χ1) is 9.51. The second kappa shape index (κ2) is 6.32. The van der Waals surface area contributed by atoms with Crippen LogP contribution in [0.25, 0.3) is 11.0 Å². The largest absolute Gasteiger partial charge is 0.497 e. The average Bonchev–Trinajstić information content (AvgIpc) is 2.73. The van der Waals surface area contributed by atoms with E-state index in [1.165, 1.54) is 11.8 Å². The van der Waals surface area contributed by atoms with E-state index in [0.29, 0.717) is 11.7 Å². The molecule has 2 aromatic rings. The maximum atomic E-state index is 10.7. The number of carboxylic acid groups (broad SMARTS) is 1. The van der Waals surface area contributed by atoms with Crippen LogP contribution in [-0.4, -0.2) is 33.5 Å². The first kappa shape index (κ1) is 14.9. The van der Waals surface area contributed by atoms with E-state index in [1.54, 1.807) is 7.11 Å². The van der Waals surface area contributed by atoms with Crippen LogP contribution in [0.3, 0.4) is 0 Å². The molecular weight excluding hydrogens is 344 g/mol. The quantitative estimate of drug-likeness (QED) is 0.805. The minimum absolute atomic E-state index is 0.0325. The summed E-state index contributed by atoms with van der Waals surface area (Å²) in [4.78, 5) is 15.2. The predicted molar refractivity (Wildman–Crippen MR) is 82.7 cm³/mol. The van der Waals surface area contributed by atoms with Gasteiger partial charge in [-0.15, -0.1) is 0 Å². The lowest BCUT2D eigenvalue weighted by atomic mass is 10.3. The Morgan fingerprint density at radius 1 is 1.60 bits per heavy atom. The highest BCUT2D eigenvalue weighted by Crippen LogP contribution is 2.28. The van der Waals surface area contributed by atoms with Crippen LogP contribution in [0.2, 0.25) is 0 Å². The van der Waals surface area contributed by atoms with E-state index >= 15 is 0 Å². The molecule has 106 valence electrons. The molecule has 0 unspecified atom stereocenters. The number of aliphatic carboxylic acids is 1. The lowest BCUT2D eigenvalue weighted by molar-refractivity contribution is -0.133. The van der Waals surface area contributed by atoms with Crippen molar-refractivity contribution in [2.75, 3.05) is 12.9 Å². The monoisotopic (exact) mass is 356 g/mol. The van der Waals surface area contributed by atoms with Crippen molar-refractivity contribution in [3.63, 3.8) is 0 Å². The van der Waals surface area contributed by atoms with Crippen LogP contribution in [0.1, 0.15) is 0 Å². The molecule has 0 saturated heterocycles. The number of thioether (sulfide) groups is 1. The van der Waals surface area contributed by atoms with Gasteiger partial charge in [0.25, 0.3) is 0 Å². The summed E-state index contributed by atoms with van der Waals surface area (Å²) < 4.78 is 7.92. The van der Waals surface area contributed by atoms with Gasteiger partial charge >= 0.3 is 5.97 Å². The number of ether oxygens (including phenoxy) is 1. The Labute approximate surface area is 128 Å². The number of carbonyl (C=O) groups is 1. The zero-order valence-corrected chi connectivity index (χ0v) is 13.2. The fraction of sp³-hybridized carbons (Fsp3) is 0.231. The van der Waals surface area contributed by atoms with Crippen LogP contribution in [0.5, 0.6) is 5.75 Å². The molecular formula is C13H13BrN2O3S. The highest BCUT2D eigenvalue weighted by atomic mass is 79.9. The van der Waals surface area contributed by atoms with Gasteiger partial charge in [0.15, 0.2) is 5.16 Å². The number of halogens is 1. The molecule has 2 rings (SSSR count). The average molecular weight is 357 g/mol. The molecule has 0 atom stereocenters. The molecule has 1 heterocycles. The molecule has 7 heteroatoms. The maximum absolute atomic E-state index is 10.7. The SMILES string of the molecule is C=C(Br)Cn1c(SCC(=O)O)nc2ccc(OC)cc21. The Balaban J connectivity index is 2.48. The van der Waals surface area contributed by atoms with E-state index in [2.05, 4.69) is 27.5 Å². The summed E-state index contributed by atoms with van der Waals surface area (Å²) in [6, 6.07) is 5.56. The van der Waals surface area contributed by atoms with Gasteiger partial charge < -0.3 is 14.4 Å². The van der Waals surface area contributed by atoms with Crippen molar-refractivity contribution in [1.82, 2.24) is 9.55 Å². The molecule has 1 aromatic carbocycles. The summed E-state index contributed by atoms with van der Waals surface area (Å²) in [6.45, 7) is 4.35. The van der Waals surface area contributed by atoms with Gasteiger partial charge in [0.1, 0.15) is 5.75 Å². The molecule has 0 spiro atoms. The number of aromatic nitrogens is 2. The fourth-order valence-electron chi connectivity index (χ4n) is 1.77. The van der Waals surface area contributed by atoms with Gasteiger partial charge in [0.05, 0.1) is 30.4 Å². The third-order valence-corrected chi connectivity index (χ3v) is 3.79. The number of rotatable bonds is 6. The standard InChI is InChI=1S/C13H13BrN2O3S/c1-8(14)6-16-11-5-9(19-2)3-4-10(11)15-13(16)20-7-12(17)18/h3-5H,1,6-7H2,2H3,(H,17,18). The number of fused-ring (bicyclic) bond motifs is 1. The van der Waals surface area contributed by atoms with E-state index in [4.69, 9.17) is 9.84 Å². The van der Waals surface area contributed by atoms with Gasteiger partial charge in [-0.3, -0.25) is 4.79 Å². The van der Waals surface area contributed by atoms with Crippen LogP contribution >= 0.6 is 27.7 Å². The second-order valence-corrected chi connectivity index (χ2v) is 6.10. The zero-order chi connectivity index (χ0) is 14.7. The molecule has 0 fully saturated rings. The molecule has 0 saturated carbocycles. The number of methoxy groups -OCH3 is 1. The van der Waals surface area contributed by atoms with E-state index < -0.39 is 5.97 Å². The summed E-state index contributed by atoms with van der Waals surface area (Å²) in [5.41, 5.74) is 1.69. The van der Waals surface area contributed by atoms with E-state index in [1.807, 2.05) is 22.8 Å². The molecule has 0 aliphatic carbocycles. The van der Waals surface area contributed by atoms with Gasteiger partial charge in [-0.2, -0.15) is 0 Å². The first-order valence-corrected chi connectivity index (χ1v) is 7.51. The van der Waals surface area contributed by atoms with Crippen molar-refractivity contribution in [2.45, 2.75) is 11.7 Å². The summed E-state index contributed by atoms with van der Waals surface area (Å²) >= 11 is 4.52. The summed E-state index contributed by atoms with van der Waals surface area (Å²) in [5, 5.41) is 9.45. The topological polar surface area (TPSA) is 64.4 Å². The van der Waals surface area contributed by atoms with Crippen LogP contribution < -0.4 is 4.74 Å². The van der Waals surface area contributed by atoms with Gasteiger partial charge in [-0.05, 0) is 12.1 Å². The van der Waals surface area contributed by atoms with Crippen LogP contribution in [0.4, 0.5) is 0 Å². The van der Waals surface area contributed by atoms with Gasteiger partial charge in [0, 0.05) is 10.5 Å². The van der Waals surface area contributed by atoms with E-state index in [0.717, 1.165) is 21.3 Å². The molecule has 0 bridgehead atoms. The van der Waals surface area contributed by atoms with Gasteiger partial charge in [-0.1, -0.05) is 34.3 Å². The Morgan fingerprint density at radius 2 is 2.35 bits per heavy atom. The zero-order valence-electron chi connectivity index (χ0n) is 10.8. The van der Waals surface area contributed by atoms with Crippen LogP contribution in [-0.2, 0) is 11.3 Å². The number of carboxylic acids is 1. The Morgan fingerprint density at radius 3 is 2.95 bits per heavy atom. The Hall–Kier alpha value is -1.47. The first-order valence-electron chi connectivity index (χ1n) is 5.73. The maximum Gasteiger partial charge on any atom is 0.313 e. The second-order valence-electron chi connectivity index (χ2n) is 4.03. The number of nitrogens with zero attached hydrogens (tertiary/aromatic N) is 2. The fourth-order valence-corrected chi connectivity index (χ4v) is 2.75. The molecule has 20 heavy (non-hydrogen) atoms. The highest BCUT2D eigenvalue weighted by molar-refractivity contribution is 9.11. The van der Waals surface area contributed by atoms with Crippen molar-refractivity contribution in [3.8, 4) is 5.75 Å². The highest BCUT2D eigenvalue weighted by Gasteiger charge is 2.13. The lowest BCUT2D eigenvalue weighted by Crippen LogP contribution is -2.03. The Bertz CT molecular complexity index is 669. The minimum Gasteiger partial charge on any atom is -0.497 e. The van der Waals surface area contributed by atoms with Crippen LogP contribution in [0, 0.1) is 0 Å². The molecule has 1 N–H and O–H groups in total. The molecule has 0 radical (unpaired) electrons. The molecule has 1 aromatic heterocycles. The molecule has 0 amide bonds. The third-order valence-electron chi connectivity index (χ3n) is 2.57. The number of hydrogen-bond donors (Lipinski definition) is 1. The van der Waals surface area contributed by atoms with E-state index in [-0.39, 0.29) is 5.75 Å². The van der Waals surface area contributed by atoms with Gasteiger partial charge in [0.2, 0.25) is 0 Å². The smallest absolute Gasteiger partial charge is 0.313 e. The van der Waals surface area contributed by atoms with Crippen molar-refractivity contribution in [2.24, 2.45) is 0 Å². The number of hydrogen-bond acceptors (Lipinski definition) is 4. The van der Waals surface area contributed by atoms with Gasteiger partial charge in [-0.25, -0.2) is 4.98 Å². The van der Waals surface area contributed by atoms with E-state index in [9.17, 15) is 4.79 Å². The summed E-state index contributed by atoms with van der Waals surface area (Å²) in [5.74, 6) is -0.174. The summed E-state index contributed by atoms with van der Waals surface area (Å²) in [7, 11) is 1.60.